The zero-order chi connectivity index (χ0) is 16.4. The minimum atomic E-state index is -0.355. The smallest absolute Gasteiger partial charge is 0.318 e. The van der Waals surface area contributed by atoms with Gasteiger partial charge in [-0.15, -0.1) is 11.3 Å². The number of hydrogen-bond donors (Lipinski definition) is 2. The van der Waals surface area contributed by atoms with Crippen molar-refractivity contribution in [2.45, 2.75) is 31.5 Å². The predicted molar refractivity (Wildman–Crippen MR) is 90.2 cm³/mol. The molecule has 2 bridgehead atoms. The van der Waals surface area contributed by atoms with Gasteiger partial charge >= 0.3 is 6.03 Å². The zero-order valence-corrected chi connectivity index (χ0v) is 13.9. The van der Waals surface area contributed by atoms with Crippen molar-refractivity contribution in [2.75, 3.05) is 6.54 Å². The molecule has 1 saturated heterocycles. The van der Waals surface area contributed by atoms with Gasteiger partial charge in [0.15, 0.2) is 0 Å². The Bertz CT molecular complexity index is 820. The molecule has 1 aromatic heterocycles. The van der Waals surface area contributed by atoms with Crippen molar-refractivity contribution in [2.24, 2.45) is 17.8 Å². The Morgan fingerprint density at radius 2 is 2.21 bits per heavy atom. The molecule has 24 heavy (non-hydrogen) atoms. The average Bonchev–Trinajstić information content (AvgIpc) is 3.25. The highest BCUT2D eigenvalue weighted by molar-refractivity contribution is 7.19. The lowest BCUT2D eigenvalue weighted by Gasteiger charge is -2.28. The van der Waals surface area contributed by atoms with Gasteiger partial charge < -0.3 is 15.3 Å². The van der Waals surface area contributed by atoms with E-state index in [0.717, 1.165) is 34.3 Å². The minimum absolute atomic E-state index is 0.00486. The first kappa shape index (κ1) is 14.7. The Morgan fingerprint density at radius 1 is 1.33 bits per heavy atom. The van der Waals surface area contributed by atoms with E-state index >= 15 is 0 Å². The number of aliphatic hydroxyl groups is 1. The fourth-order valence-corrected chi connectivity index (χ4v) is 6.05. The first-order valence-corrected chi connectivity index (χ1v) is 9.32. The molecule has 2 saturated carbocycles. The molecule has 126 valence electrons. The monoisotopic (exact) mass is 346 g/mol. The second kappa shape index (κ2) is 5.17. The molecule has 4 nitrogen and oxygen atoms in total. The summed E-state index contributed by atoms with van der Waals surface area (Å²) in [5.74, 6) is 1.21. The van der Waals surface area contributed by atoms with Gasteiger partial charge in [0.2, 0.25) is 0 Å². The van der Waals surface area contributed by atoms with Gasteiger partial charge in [0.25, 0.3) is 0 Å². The van der Waals surface area contributed by atoms with E-state index in [9.17, 15) is 14.3 Å². The molecule has 6 heteroatoms. The van der Waals surface area contributed by atoms with Crippen LogP contribution < -0.4 is 5.32 Å². The number of carbonyl (C=O) groups is 1. The van der Waals surface area contributed by atoms with Crippen molar-refractivity contribution in [1.29, 1.82) is 0 Å². The van der Waals surface area contributed by atoms with Crippen molar-refractivity contribution in [3.63, 3.8) is 0 Å². The van der Waals surface area contributed by atoms with Crippen LogP contribution in [0.15, 0.2) is 24.3 Å². The molecule has 1 aliphatic heterocycles. The van der Waals surface area contributed by atoms with Gasteiger partial charge in [-0.25, -0.2) is 9.18 Å². The summed E-state index contributed by atoms with van der Waals surface area (Å²) in [6.45, 7) is 1.21. The summed E-state index contributed by atoms with van der Waals surface area (Å²) in [5.41, 5.74) is 0. The van der Waals surface area contributed by atoms with Crippen molar-refractivity contribution in [3.05, 3.63) is 35.0 Å². The Hall–Kier alpha value is -1.66. The maximum Gasteiger partial charge on any atom is 0.318 e. The molecule has 0 unspecified atom stereocenters. The van der Waals surface area contributed by atoms with E-state index in [2.05, 4.69) is 5.32 Å². The standard InChI is InChI=1S/C18H19FN2O2S/c19-12-1-2-15-9(4-12)5-13(24-15)7-20-18(23)21-8-11-3-10-6-14(11)16(21)17(10)22/h1-2,4-5,10-11,14,16-17,22H,3,6-8H2,(H,20,23)/t10-,11-,14+,16+,17-/m0/s1. The van der Waals surface area contributed by atoms with E-state index < -0.39 is 0 Å². The summed E-state index contributed by atoms with van der Waals surface area (Å²) >= 11 is 1.57. The van der Waals surface area contributed by atoms with Gasteiger partial charge in [-0.05, 0) is 60.2 Å². The van der Waals surface area contributed by atoms with E-state index in [-0.39, 0.29) is 24.0 Å². The lowest BCUT2D eigenvalue weighted by Crippen LogP contribution is -2.47. The second-order valence-electron chi connectivity index (χ2n) is 7.34. The lowest BCUT2D eigenvalue weighted by molar-refractivity contribution is 0.0609. The number of rotatable bonds is 2. The third-order valence-electron chi connectivity index (χ3n) is 6.05. The number of hydrogen-bond acceptors (Lipinski definition) is 3. The summed E-state index contributed by atoms with van der Waals surface area (Å²) in [4.78, 5) is 15.4. The quantitative estimate of drug-likeness (QED) is 0.878. The topological polar surface area (TPSA) is 52.6 Å². The largest absolute Gasteiger partial charge is 0.391 e. The van der Waals surface area contributed by atoms with Crippen LogP contribution in [0.5, 0.6) is 0 Å². The number of halogens is 1. The molecule has 1 aromatic carbocycles. The van der Waals surface area contributed by atoms with Crippen LogP contribution in [0.3, 0.4) is 0 Å². The number of aliphatic hydroxyl groups excluding tert-OH is 1. The summed E-state index contributed by atoms with van der Waals surface area (Å²) < 4.78 is 14.3. The first-order chi connectivity index (χ1) is 11.6. The van der Waals surface area contributed by atoms with E-state index in [1.807, 2.05) is 11.0 Å². The van der Waals surface area contributed by atoms with Crippen LogP contribution in [0.1, 0.15) is 17.7 Å². The normalized spacial score (nSPS) is 33.6. The number of amides is 2. The van der Waals surface area contributed by atoms with Crippen LogP contribution in [0.4, 0.5) is 9.18 Å². The number of likely N-dealkylation sites (tertiary alicyclic amines) is 1. The maximum atomic E-state index is 13.3. The minimum Gasteiger partial charge on any atom is -0.391 e. The van der Waals surface area contributed by atoms with Crippen LogP contribution in [-0.2, 0) is 6.54 Å². The molecule has 5 rings (SSSR count). The highest BCUT2D eigenvalue weighted by atomic mass is 32.1. The van der Waals surface area contributed by atoms with Gasteiger partial charge in [0, 0.05) is 16.1 Å². The van der Waals surface area contributed by atoms with Gasteiger partial charge in [0.1, 0.15) is 5.82 Å². The highest BCUT2D eigenvalue weighted by Gasteiger charge is 2.59. The van der Waals surface area contributed by atoms with E-state index in [0.29, 0.717) is 24.3 Å². The van der Waals surface area contributed by atoms with Crippen LogP contribution in [0.25, 0.3) is 10.1 Å². The summed E-state index contributed by atoms with van der Waals surface area (Å²) in [7, 11) is 0. The molecule has 2 heterocycles. The molecule has 5 atom stereocenters. The van der Waals surface area contributed by atoms with Gasteiger partial charge in [-0.3, -0.25) is 0 Å². The molecule has 2 aliphatic carbocycles. The summed E-state index contributed by atoms with van der Waals surface area (Å²) in [6, 6.07) is 6.59. The lowest BCUT2D eigenvalue weighted by atomic mass is 9.88. The zero-order valence-electron chi connectivity index (χ0n) is 13.1. The fraction of sp³-hybridized carbons (Fsp3) is 0.500. The summed E-state index contributed by atoms with van der Waals surface area (Å²) in [6.07, 6.45) is 1.78. The van der Waals surface area contributed by atoms with Crippen LogP contribution >= 0.6 is 11.3 Å². The number of benzene rings is 1. The highest BCUT2D eigenvalue weighted by Crippen LogP contribution is 2.54. The Balaban J connectivity index is 1.29. The van der Waals surface area contributed by atoms with Crippen molar-refractivity contribution >= 4 is 27.5 Å². The molecule has 2 aromatic rings. The van der Waals surface area contributed by atoms with Crippen molar-refractivity contribution in [3.8, 4) is 0 Å². The Morgan fingerprint density at radius 3 is 3.04 bits per heavy atom. The molecule has 2 N–H and O–H groups in total. The molecule has 0 spiro atoms. The van der Waals surface area contributed by atoms with E-state index in [1.54, 1.807) is 17.4 Å². The van der Waals surface area contributed by atoms with Crippen molar-refractivity contribution < 1.29 is 14.3 Å². The molecular formula is C18H19FN2O2S. The van der Waals surface area contributed by atoms with Crippen LogP contribution in [-0.4, -0.2) is 34.7 Å². The third-order valence-corrected chi connectivity index (χ3v) is 7.17. The number of thiophene rings is 1. The average molecular weight is 346 g/mol. The summed E-state index contributed by atoms with van der Waals surface area (Å²) in [5, 5.41) is 14.2. The number of urea groups is 1. The first-order valence-electron chi connectivity index (χ1n) is 8.50. The third kappa shape index (κ3) is 2.09. The Kier molecular flexibility index (Phi) is 3.16. The molecule has 3 aliphatic rings. The van der Waals surface area contributed by atoms with E-state index in [4.69, 9.17) is 0 Å². The Labute approximate surface area is 143 Å². The number of nitrogens with one attached hydrogen (secondary N) is 1. The molecular weight excluding hydrogens is 327 g/mol. The molecule has 0 radical (unpaired) electrons. The SMILES string of the molecule is O=C(NCc1cc2cc(F)ccc2s1)N1C[C@@H]2C[C@H]3C[C@H]2[C@@H]1[C@H]3O. The van der Waals surface area contributed by atoms with Gasteiger partial charge in [0.05, 0.1) is 18.7 Å². The van der Waals surface area contributed by atoms with Crippen molar-refractivity contribution in [1.82, 2.24) is 10.2 Å². The number of fused-ring (bicyclic) bond motifs is 2. The molecule has 3 fully saturated rings. The predicted octanol–water partition coefficient (Wildman–Crippen LogP) is 2.95. The second-order valence-corrected chi connectivity index (χ2v) is 8.51. The number of carbonyl (C=O) groups excluding carboxylic acids is 1. The fourth-order valence-electron chi connectivity index (χ4n) is 5.07. The van der Waals surface area contributed by atoms with Gasteiger partial charge in [-0.2, -0.15) is 0 Å². The molecule has 2 amide bonds. The maximum absolute atomic E-state index is 13.3. The number of nitrogens with zero attached hydrogens (tertiary/aromatic N) is 1. The van der Waals surface area contributed by atoms with Crippen LogP contribution in [0, 0.1) is 23.6 Å². The van der Waals surface area contributed by atoms with Gasteiger partial charge in [-0.1, -0.05) is 0 Å². The van der Waals surface area contributed by atoms with E-state index in [1.165, 1.54) is 12.1 Å². The van der Waals surface area contributed by atoms with Crippen LogP contribution in [0.2, 0.25) is 0 Å².